The summed E-state index contributed by atoms with van der Waals surface area (Å²) >= 11 is 0. The molecule has 0 aliphatic heterocycles. The lowest BCUT2D eigenvalue weighted by atomic mass is 10.1. The summed E-state index contributed by atoms with van der Waals surface area (Å²) in [5.41, 5.74) is 3.80. The van der Waals surface area contributed by atoms with Crippen molar-refractivity contribution in [3.8, 4) is 0 Å². The van der Waals surface area contributed by atoms with Gasteiger partial charge in [0.15, 0.2) is 5.82 Å². The van der Waals surface area contributed by atoms with E-state index in [0.29, 0.717) is 35.6 Å². The topological polar surface area (TPSA) is 93.3 Å². The van der Waals surface area contributed by atoms with Crippen molar-refractivity contribution in [2.24, 2.45) is 0 Å². The number of aryl methyl sites for hydroxylation is 2. The van der Waals surface area contributed by atoms with E-state index in [4.69, 9.17) is 0 Å². The fourth-order valence-corrected chi connectivity index (χ4v) is 4.07. The van der Waals surface area contributed by atoms with E-state index in [-0.39, 0.29) is 11.5 Å². The number of carbonyl (C=O) groups excluding carboxylic acids is 1. The lowest BCUT2D eigenvalue weighted by Gasteiger charge is -2.13. The van der Waals surface area contributed by atoms with Gasteiger partial charge in [-0.1, -0.05) is 36.4 Å². The van der Waals surface area contributed by atoms with Crippen molar-refractivity contribution in [3.05, 3.63) is 100 Å². The van der Waals surface area contributed by atoms with Crippen LogP contribution in [0.5, 0.6) is 0 Å². The molecule has 8 heteroatoms. The smallest absolute Gasteiger partial charge is 0.262 e. The van der Waals surface area contributed by atoms with Crippen LogP contribution in [0.2, 0.25) is 0 Å². The highest BCUT2D eigenvalue weighted by atomic mass is 16.1. The molecule has 34 heavy (non-hydrogen) atoms. The fourth-order valence-electron chi connectivity index (χ4n) is 4.07. The molecule has 0 unspecified atom stereocenters. The number of nitrogens with zero attached hydrogens (tertiary/aromatic N) is 4. The summed E-state index contributed by atoms with van der Waals surface area (Å²) in [6.07, 6.45) is 0. The molecule has 0 fully saturated rings. The Bertz CT molecular complexity index is 1570. The third-order valence-electron chi connectivity index (χ3n) is 5.86. The molecule has 0 saturated heterocycles. The number of hydrogen-bond acceptors (Lipinski definition) is 5. The first-order chi connectivity index (χ1) is 16.6. The van der Waals surface area contributed by atoms with E-state index < -0.39 is 0 Å². The number of hydrogen-bond donors (Lipinski definition) is 2. The average molecular weight is 453 g/mol. The average Bonchev–Trinajstić information content (AvgIpc) is 3.28. The maximum absolute atomic E-state index is 12.9. The van der Waals surface area contributed by atoms with Crippen molar-refractivity contribution < 1.29 is 4.79 Å². The first-order valence-corrected chi connectivity index (χ1v) is 11.1. The summed E-state index contributed by atoms with van der Waals surface area (Å²) in [5, 5.41) is 15.6. The van der Waals surface area contributed by atoms with E-state index in [1.807, 2.05) is 85.0 Å². The molecular weight excluding hydrogens is 428 g/mol. The van der Waals surface area contributed by atoms with E-state index in [9.17, 15) is 9.59 Å². The molecule has 8 nitrogen and oxygen atoms in total. The van der Waals surface area contributed by atoms with Crippen LogP contribution in [-0.2, 0) is 13.1 Å². The molecule has 0 atom stereocenters. The van der Waals surface area contributed by atoms with Crippen LogP contribution in [0.3, 0.4) is 0 Å². The second-order valence-electron chi connectivity index (χ2n) is 8.02. The molecule has 5 rings (SSSR count). The first kappa shape index (κ1) is 21.4. The first-order valence-electron chi connectivity index (χ1n) is 11.1. The number of benzene rings is 3. The van der Waals surface area contributed by atoms with Crippen molar-refractivity contribution in [3.63, 3.8) is 0 Å². The van der Waals surface area contributed by atoms with Gasteiger partial charge in [0.05, 0.1) is 17.4 Å². The molecule has 2 N–H and O–H groups in total. The van der Waals surface area contributed by atoms with Crippen LogP contribution in [0.4, 0.5) is 11.4 Å². The van der Waals surface area contributed by atoms with E-state index in [2.05, 4.69) is 20.8 Å². The number of fused-ring (bicyclic) bond motifs is 3. The Kier molecular flexibility index (Phi) is 5.55. The molecule has 0 aliphatic rings. The quantitative estimate of drug-likeness (QED) is 0.402. The molecule has 0 radical (unpaired) electrons. The molecule has 0 aliphatic carbocycles. The minimum absolute atomic E-state index is 0.0783. The van der Waals surface area contributed by atoms with Gasteiger partial charge >= 0.3 is 0 Å². The number of carbonyl (C=O) groups is 1. The van der Waals surface area contributed by atoms with Crippen molar-refractivity contribution in [2.75, 3.05) is 10.6 Å². The zero-order valence-corrected chi connectivity index (χ0v) is 18.9. The fraction of sp³-hybridized carbons (Fsp3) is 0.154. The van der Waals surface area contributed by atoms with Gasteiger partial charge in [-0.05, 0) is 55.8 Å². The van der Waals surface area contributed by atoms with Gasteiger partial charge in [0, 0.05) is 23.5 Å². The standard InChI is InChI=1S/C26H24N6O2/c1-3-31-25(34)20-11-7-8-12-22(20)32-23(29-30-26(31)32)16-27-21-15-18(14-13-17(21)2)24(33)28-19-9-5-4-6-10-19/h4-15,27H,3,16H2,1-2H3,(H,28,33). The summed E-state index contributed by atoms with van der Waals surface area (Å²) in [4.78, 5) is 25.6. The van der Waals surface area contributed by atoms with Crippen molar-refractivity contribution in [2.45, 2.75) is 26.9 Å². The summed E-state index contributed by atoms with van der Waals surface area (Å²) in [5.74, 6) is 1.00. The molecule has 0 bridgehead atoms. The zero-order chi connectivity index (χ0) is 23.7. The number of nitrogens with one attached hydrogen (secondary N) is 2. The molecule has 2 aromatic heterocycles. The Hall–Kier alpha value is -4.46. The van der Waals surface area contributed by atoms with Crippen LogP contribution in [0.15, 0.2) is 77.6 Å². The second kappa shape index (κ2) is 8.82. The Morgan fingerprint density at radius 2 is 1.74 bits per heavy atom. The molecule has 1 amide bonds. The molecule has 3 aromatic carbocycles. The van der Waals surface area contributed by atoms with Crippen molar-refractivity contribution in [1.82, 2.24) is 19.2 Å². The van der Waals surface area contributed by atoms with Gasteiger partial charge in [0.25, 0.3) is 11.5 Å². The third-order valence-corrected chi connectivity index (χ3v) is 5.86. The molecule has 170 valence electrons. The summed E-state index contributed by atoms with van der Waals surface area (Å²) in [6.45, 7) is 4.76. The van der Waals surface area contributed by atoms with Gasteiger partial charge in [0.1, 0.15) is 0 Å². The monoisotopic (exact) mass is 452 g/mol. The summed E-state index contributed by atoms with van der Waals surface area (Å²) in [7, 11) is 0. The molecule has 2 heterocycles. The van der Waals surface area contributed by atoms with E-state index in [0.717, 1.165) is 22.5 Å². The molecule has 0 spiro atoms. The van der Waals surface area contributed by atoms with Gasteiger partial charge in [-0.3, -0.25) is 18.6 Å². The van der Waals surface area contributed by atoms with E-state index >= 15 is 0 Å². The largest absolute Gasteiger partial charge is 0.377 e. The van der Waals surface area contributed by atoms with Crippen LogP contribution < -0.4 is 16.2 Å². The molecule has 5 aromatic rings. The predicted octanol–water partition coefficient (Wildman–Crippen LogP) is 4.24. The predicted molar refractivity (Wildman–Crippen MR) is 133 cm³/mol. The highest BCUT2D eigenvalue weighted by Crippen LogP contribution is 2.20. The van der Waals surface area contributed by atoms with Gasteiger partial charge in [-0.2, -0.15) is 0 Å². The van der Waals surface area contributed by atoms with Crippen LogP contribution in [-0.4, -0.2) is 25.1 Å². The highest BCUT2D eigenvalue weighted by molar-refractivity contribution is 6.04. The number of amides is 1. The lowest BCUT2D eigenvalue weighted by molar-refractivity contribution is 0.102. The third kappa shape index (κ3) is 3.79. The van der Waals surface area contributed by atoms with E-state index in [1.54, 1.807) is 10.6 Å². The van der Waals surface area contributed by atoms with Crippen molar-refractivity contribution >= 4 is 34.0 Å². The maximum atomic E-state index is 12.9. The molecular formula is C26H24N6O2. The number of aromatic nitrogens is 4. The Labute approximate surface area is 195 Å². The van der Waals surface area contributed by atoms with E-state index in [1.165, 1.54) is 0 Å². The van der Waals surface area contributed by atoms with Crippen LogP contribution >= 0.6 is 0 Å². The van der Waals surface area contributed by atoms with Crippen LogP contribution in [0.25, 0.3) is 16.7 Å². The van der Waals surface area contributed by atoms with Crippen LogP contribution in [0.1, 0.15) is 28.7 Å². The number of anilines is 2. The zero-order valence-electron chi connectivity index (χ0n) is 18.9. The Balaban J connectivity index is 1.46. The van der Waals surface area contributed by atoms with Crippen molar-refractivity contribution in [1.29, 1.82) is 0 Å². The Morgan fingerprint density at radius 1 is 0.971 bits per heavy atom. The maximum Gasteiger partial charge on any atom is 0.262 e. The Morgan fingerprint density at radius 3 is 2.53 bits per heavy atom. The molecule has 0 saturated carbocycles. The minimum atomic E-state index is -0.180. The van der Waals surface area contributed by atoms with Gasteiger partial charge in [-0.25, -0.2) is 0 Å². The normalized spacial score (nSPS) is 11.1. The van der Waals surface area contributed by atoms with Gasteiger partial charge in [0.2, 0.25) is 5.78 Å². The SMILES string of the molecule is CCn1c(=O)c2ccccc2n2c(CNc3cc(C(=O)Nc4ccccc4)ccc3C)nnc12. The number of para-hydroxylation sites is 2. The number of rotatable bonds is 6. The highest BCUT2D eigenvalue weighted by Gasteiger charge is 2.16. The summed E-state index contributed by atoms with van der Waals surface area (Å²) in [6, 6.07) is 22.4. The minimum Gasteiger partial charge on any atom is -0.377 e. The lowest BCUT2D eigenvalue weighted by Crippen LogP contribution is -2.23. The summed E-state index contributed by atoms with van der Waals surface area (Å²) < 4.78 is 3.53. The van der Waals surface area contributed by atoms with Gasteiger partial charge < -0.3 is 10.6 Å². The second-order valence-corrected chi connectivity index (χ2v) is 8.02. The van der Waals surface area contributed by atoms with Gasteiger partial charge in [-0.15, -0.1) is 10.2 Å². The van der Waals surface area contributed by atoms with Crippen LogP contribution in [0, 0.1) is 6.92 Å².